The highest BCUT2D eigenvalue weighted by Crippen LogP contribution is 2.44. The zero-order valence-corrected chi connectivity index (χ0v) is 16.6. The number of fused-ring (bicyclic) bond motifs is 3. The Kier molecular flexibility index (Phi) is 4.12. The number of rotatable bonds is 1. The van der Waals surface area contributed by atoms with Crippen molar-refractivity contribution in [3.05, 3.63) is 50.3 Å². The second-order valence-electron chi connectivity index (χ2n) is 6.50. The molecule has 128 valence electrons. The van der Waals surface area contributed by atoms with Crippen LogP contribution in [-0.2, 0) is 12.8 Å². The molecule has 0 saturated carbocycles. The van der Waals surface area contributed by atoms with Crippen LogP contribution in [0.5, 0.6) is 0 Å². The van der Waals surface area contributed by atoms with Crippen LogP contribution in [0.15, 0.2) is 33.7 Å². The van der Waals surface area contributed by atoms with Gasteiger partial charge in [-0.15, -0.1) is 11.3 Å². The van der Waals surface area contributed by atoms with Gasteiger partial charge in [-0.05, 0) is 50.8 Å². The molecule has 4 nitrogen and oxygen atoms in total. The Hall–Kier alpha value is -1.79. The summed E-state index contributed by atoms with van der Waals surface area (Å²) in [5.74, 6) is 0.756. The van der Waals surface area contributed by atoms with Crippen molar-refractivity contribution in [3.8, 4) is 0 Å². The van der Waals surface area contributed by atoms with Gasteiger partial charge in [-0.1, -0.05) is 28.1 Å². The summed E-state index contributed by atoms with van der Waals surface area (Å²) in [6, 6.07) is 7.94. The zero-order valence-electron chi connectivity index (χ0n) is 14.2. The van der Waals surface area contributed by atoms with Gasteiger partial charge in [0.15, 0.2) is 0 Å². The van der Waals surface area contributed by atoms with Crippen LogP contribution in [0, 0.1) is 10.8 Å². The molecule has 0 spiro atoms. The average molecular weight is 415 g/mol. The average Bonchev–Trinajstić information content (AvgIpc) is 3.12. The lowest BCUT2D eigenvalue weighted by Gasteiger charge is -2.23. The molecule has 1 aliphatic heterocycles. The Balaban J connectivity index is 1.99. The lowest BCUT2D eigenvalue weighted by atomic mass is 9.99. The second-order valence-corrected chi connectivity index (χ2v) is 8.50. The van der Waals surface area contributed by atoms with E-state index in [1.165, 1.54) is 16.9 Å². The first-order valence-electron chi connectivity index (χ1n) is 8.39. The van der Waals surface area contributed by atoms with E-state index in [1.54, 1.807) is 23.2 Å². The third-order valence-electron chi connectivity index (χ3n) is 4.76. The number of halogens is 1. The van der Waals surface area contributed by atoms with E-state index in [0.717, 1.165) is 39.2 Å². The summed E-state index contributed by atoms with van der Waals surface area (Å²) in [5.41, 5.74) is 4.54. The molecule has 1 unspecified atom stereocenters. The first-order valence-corrected chi connectivity index (χ1v) is 10.0. The van der Waals surface area contributed by atoms with Crippen molar-refractivity contribution in [1.29, 1.82) is 10.8 Å². The van der Waals surface area contributed by atoms with Crippen LogP contribution >= 0.6 is 27.3 Å². The van der Waals surface area contributed by atoms with Crippen molar-refractivity contribution in [1.82, 2.24) is 0 Å². The predicted molar refractivity (Wildman–Crippen MR) is 109 cm³/mol. The second kappa shape index (κ2) is 6.18. The predicted octanol–water partition coefficient (Wildman–Crippen LogP) is 5.02. The minimum absolute atomic E-state index is 0.282. The van der Waals surface area contributed by atoms with Gasteiger partial charge in [-0.25, -0.2) is 0 Å². The van der Waals surface area contributed by atoms with Gasteiger partial charge in [0.05, 0.1) is 5.71 Å². The molecule has 0 saturated heterocycles. The number of hydrogen-bond acceptors (Lipinski definition) is 4. The fourth-order valence-electron chi connectivity index (χ4n) is 3.57. The van der Waals surface area contributed by atoms with Crippen LogP contribution in [0.1, 0.15) is 41.8 Å². The fraction of sp³-hybridized carbons (Fsp3) is 0.316. The summed E-state index contributed by atoms with van der Waals surface area (Å²) in [4.78, 5) is 8.09. The molecule has 2 aliphatic rings. The van der Waals surface area contributed by atoms with Crippen molar-refractivity contribution < 1.29 is 0 Å². The highest BCUT2D eigenvalue weighted by molar-refractivity contribution is 9.10. The van der Waals surface area contributed by atoms with Gasteiger partial charge < -0.3 is 0 Å². The van der Waals surface area contributed by atoms with Gasteiger partial charge in [0, 0.05) is 20.5 Å². The summed E-state index contributed by atoms with van der Waals surface area (Å²) in [6.07, 6.45) is 3.33. The topological polar surface area (TPSA) is 63.3 Å². The Morgan fingerprint density at radius 1 is 1.28 bits per heavy atom. The van der Waals surface area contributed by atoms with Crippen LogP contribution in [0.2, 0.25) is 0 Å². The molecular weight excluding hydrogens is 396 g/mol. The summed E-state index contributed by atoms with van der Waals surface area (Å²) in [7, 11) is 0. The molecule has 2 N–H and O–H groups in total. The first-order chi connectivity index (χ1) is 12.0. The number of amidine groups is 2. The smallest absolute Gasteiger partial charge is 0.132 e. The SMILES string of the molecule is CC(=N)N1C(=N)C(C)N=C(c2ccc(Br)cc2)c2c1sc1c2CCC1. The Labute approximate surface area is 159 Å². The van der Waals surface area contributed by atoms with E-state index in [-0.39, 0.29) is 6.04 Å². The number of anilines is 1. The molecular formula is C19H19BrN4S. The minimum Gasteiger partial charge on any atom is -0.288 e. The van der Waals surface area contributed by atoms with Crippen LogP contribution in [0.3, 0.4) is 0 Å². The van der Waals surface area contributed by atoms with Crippen molar-refractivity contribution in [2.75, 3.05) is 4.90 Å². The molecule has 4 rings (SSSR count). The van der Waals surface area contributed by atoms with E-state index in [0.29, 0.717) is 11.7 Å². The summed E-state index contributed by atoms with van der Waals surface area (Å²) in [6.45, 7) is 3.69. The molecule has 0 radical (unpaired) electrons. The number of nitrogens with one attached hydrogen (secondary N) is 2. The molecule has 0 amide bonds. The van der Waals surface area contributed by atoms with Gasteiger partial charge in [0.2, 0.25) is 0 Å². The van der Waals surface area contributed by atoms with E-state index in [9.17, 15) is 0 Å². The summed E-state index contributed by atoms with van der Waals surface area (Å²) >= 11 is 5.24. The van der Waals surface area contributed by atoms with E-state index in [4.69, 9.17) is 15.8 Å². The van der Waals surface area contributed by atoms with E-state index in [1.807, 2.05) is 19.1 Å². The number of hydrogen-bond donors (Lipinski definition) is 2. The van der Waals surface area contributed by atoms with E-state index < -0.39 is 0 Å². The van der Waals surface area contributed by atoms with Crippen molar-refractivity contribution in [2.45, 2.75) is 39.2 Å². The summed E-state index contributed by atoms with van der Waals surface area (Å²) in [5, 5.41) is 17.8. The van der Waals surface area contributed by atoms with Gasteiger partial charge in [0.1, 0.15) is 22.7 Å². The Morgan fingerprint density at radius 2 is 2.00 bits per heavy atom. The normalized spacial score (nSPS) is 19.3. The quantitative estimate of drug-likeness (QED) is 0.499. The minimum atomic E-state index is -0.282. The maximum Gasteiger partial charge on any atom is 0.132 e. The molecule has 1 atom stereocenters. The van der Waals surface area contributed by atoms with Crippen LogP contribution < -0.4 is 4.90 Å². The lowest BCUT2D eigenvalue weighted by molar-refractivity contribution is 0.914. The molecule has 1 aliphatic carbocycles. The number of benzene rings is 1. The highest BCUT2D eigenvalue weighted by Gasteiger charge is 2.34. The zero-order chi connectivity index (χ0) is 17.7. The van der Waals surface area contributed by atoms with E-state index >= 15 is 0 Å². The highest BCUT2D eigenvalue weighted by atomic mass is 79.9. The largest absolute Gasteiger partial charge is 0.288 e. The van der Waals surface area contributed by atoms with E-state index in [2.05, 4.69) is 28.1 Å². The Bertz CT molecular complexity index is 910. The van der Waals surface area contributed by atoms with Gasteiger partial charge in [0.25, 0.3) is 0 Å². The number of aryl methyl sites for hydroxylation is 1. The maximum atomic E-state index is 8.57. The molecule has 2 heterocycles. The fourth-order valence-corrected chi connectivity index (χ4v) is 5.29. The molecule has 2 aromatic rings. The van der Waals surface area contributed by atoms with Crippen molar-refractivity contribution >= 4 is 49.7 Å². The molecule has 25 heavy (non-hydrogen) atoms. The van der Waals surface area contributed by atoms with Gasteiger partial charge in [-0.3, -0.25) is 20.7 Å². The number of thiophene rings is 1. The van der Waals surface area contributed by atoms with Crippen LogP contribution in [0.4, 0.5) is 5.00 Å². The van der Waals surface area contributed by atoms with Gasteiger partial charge in [-0.2, -0.15) is 0 Å². The molecule has 1 aromatic carbocycles. The third kappa shape index (κ3) is 2.68. The number of nitrogens with zero attached hydrogens (tertiary/aromatic N) is 2. The lowest BCUT2D eigenvalue weighted by Crippen LogP contribution is -2.38. The molecule has 0 fully saturated rings. The van der Waals surface area contributed by atoms with Crippen molar-refractivity contribution in [2.24, 2.45) is 4.99 Å². The standard InChI is InChI=1S/C19H19BrN4S/c1-10-18(22)24(11(2)21)19-16(14-4-3-5-15(14)25-19)17(23-10)12-6-8-13(20)9-7-12/h6-10,21-22H,3-5H2,1-2H3. The molecule has 0 bridgehead atoms. The molecule has 1 aromatic heterocycles. The van der Waals surface area contributed by atoms with Gasteiger partial charge >= 0.3 is 0 Å². The summed E-state index contributed by atoms with van der Waals surface area (Å²) < 4.78 is 1.04. The molecule has 6 heteroatoms. The van der Waals surface area contributed by atoms with Crippen LogP contribution in [-0.4, -0.2) is 23.4 Å². The monoisotopic (exact) mass is 414 g/mol. The van der Waals surface area contributed by atoms with Crippen LogP contribution in [0.25, 0.3) is 0 Å². The number of aliphatic imine (C=N–C) groups is 1. The van der Waals surface area contributed by atoms with Crippen molar-refractivity contribution in [3.63, 3.8) is 0 Å². The first kappa shape index (κ1) is 16.7. The maximum absolute atomic E-state index is 8.57. The third-order valence-corrected chi connectivity index (χ3v) is 6.56. The Morgan fingerprint density at radius 3 is 2.68 bits per heavy atom.